The molecule has 2 N–H and O–H groups in total. The number of amides is 4. The predicted molar refractivity (Wildman–Crippen MR) is 209 cm³/mol. The van der Waals surface area contributed by atoms with Crippen LogP contribution in [0.15, 0.2) is 43.0 Å². The number of thioether (sulfide) groups is 1. The fourth-order valence-corrected chi connectivity index (χ4v) is 8.51. The molecular weight excluding hydrogens is 663 g/mol. The van der Waals surface area contributed by atoms with Crippen molar-refractivity contribution < 1.29 is 23.9 Å². The highest BCUT2D eigenvalue weighted by Crippen LogP contribution is 2.32. The van der Waals surface area contributed by atoms with Crippen molar-refractivity contribution in [2.45, 2.75) is 116 Å². The van der Waals surface area contributed by atoms with Crippen LogP contribution in [0.2, 0.25) is 0 Å². The number of likely N-dealkylation sites (tertiary alicyclic amines) is 1. The van der Waals surface area contributed by atoms with Gasteiger partial charge in [0.05, 0.1) is 24.6 Å². The molecule has 0 aliphatic carbocycles. The van der Waals surface area contributed by atoms with Crippen LogP contribution in [0.4, 0.5) is 0 Å². The van der Waals surface area contributed by atoms with Crippen molar-refractivity contribution in [1.29, 1.82) is 0 Å². The van der Waals surface area contributed by atoms with E-state index in [0.29, 0.717) is 25.3 Å². The monoisotopic (exact) mass is 729 g/mol. The summed E-state index contributed by atoms with van der Waals surface area (Å²) in [6.45, 7) is 17.1. The lowest BCUT2D eigenvalue weighted by atomic mass is 9.89. The molecule has 51 heavy (non-hydrogen) atoms. The number of carbonyl (C=O) groups excluding carboxylic acids is 4. The summed E-state index contributed by atoms with van der Waals surface area (Å²) in [7, 11) is 7.10. The van der Waals surface area contributed by atoms with Gasteiger partial charge < -0.3 is 25.2 Å². The Labute approximate surface area is 312 Å². The molecule has 1 aromatic carbocycles. The SMILES string of the molecule is C=CCSC(CC(=O)NCCc1ccccc1)C1CCCN1C(=O)CC(OC)C(C(C)CC)N(C)C(=O)C(NC(=O)C(C(C)C)N(C)C)C(C)C. The van der Waals surface area contributed by atoms with Gasteiger partial charge in [-0.2, -0.15) is 11.8 Å². The molecule has 1 fully saturated rings. The van der Waals surface area contributed by atoms with Gasteiger partial charge in [-0.3, -0.25) is 24.1 Å². The van der Waals surface area contributed by atoms with Gasteiger partial charge >= 0.3 is 0 Å². The molecule has 1 aliphatic rings. The summed E-state index contributed by atoms with van der Waals surface area (Å²) in [5.41, 5.74) is 1.17. The topological polar surface area (TPSA) is 111 Å². The van der Waals surface area contributed by atoms with Crippen LogP contribution < -0.4 is 10.6 Å². The molecule has 1 saturated heterocycles. The number of nitrogens with zero attached hydrogens (tertiary/aromatic N) is 3. The third kappa shape index (κ3) is 13.2. The van der Waals surface area contributed by atoms with Crippen LogP contribution in [0.1, 0.15) is 79.2 Å². The number of rotatable bonds is 22. The second kappa shape index (κ2) is 22.2. The summed E-state index contributed by atoms with van der Waals surface area (Å²) < 4.78 is 6.05. The molecule has 1 aliphatic heterocycles. The molecule has 0 radical (unpaired) electrons. The largest absolute Gasteiger partial charge is 0.379 e. The molecule has 0 spiro atoms. The first-order valence-electron chi connectivity index (χ1n) is 18.8. The van der Waals surface area contributed by atoms with Crippen molar-refractivity contribution in [3.05, 3.63) is 48.6 Å². The zero-order chi connectivity index (χ0) is 38.2. The van der Waals surface area contributed by atoms with E-state index < -0.39 is 18.2 Å². The highest BCUT2D eigenvalue weighted by atomic mass is 32.2. The van der Waals surface area contributed by atoms with Gasteiger partial charge in [0.15, 0.2) is 0 Å². The molecule has 0 aromatic heterocycles. The first-order chi connectivity index (χ1) is 24.2. The van der Waals surface area contributed by atoms with Crippen LogP contribution in [0, 0.1) is 17.8 Å². The molecule has 0 saturated carbocycles. The Morgan fingerprint density at radius 2 is 1.71 bits per heavy atom. The first kappa shape index (κ1) is 44.3. The van der Waals surface area contributed by atoms with Crippen molar-refractivity contribution in [2.75, 3.05) is 47.1 Å². The van der Waals surface area contributed by atoms with Gasteiger partial charge in [-0.15, -0.1) is 6.58 Å². The molecule has 4 amide bonds. The summed E-state index contributed by atoms with van der Waals surface area (Å²) in [5.74, 6) is 0.197. The minimum absolute atomic E-state index is 0.0179. The van der Waals surface area contributed by atoms with E-state index in [1.54, 1.807) is 30.8 Å². The second-order valence-electron chi connectivity index (χ2n) is 14.9. The van der Waals surface area contributed by atoms with Crippen LogP contribution in [0.3, 0.4) is 0 Å². The van der Waals surface area contributed by atoms with E-state index in [0.717, 1.165) is 25.7 Å². The average molecular weight is 730 g/mol. The van der Waals surface area contributed by atoms with Crippen molar-refractivity contribution in [1.82, 2.24) is 25.3 Å². The van der Waals surface area contributed by atoms with Crippen molar-refractivity contribution >= 4 is 35.4 Å². The number of methoxy groups -OCH3 is 1. The van der Waals surface area contributed by atoms with Gasteiger partial charge in [0.25, 0.3) is 0 Å². The standard InChI is InChI=1S/C40H67N5O5S/c1-12-24-51-33(26-34(46)41-22-21-30-18-15-14-16-19-30)31-20-17-23-45(31)35(47)25-32(50-11)38(29(7)13-2)44(10)40(49)36(27(3)4)42-39(48)37(28(5)6)43(8)9/h12,14-16,18-19,27-29,31-33,36-38H,1,13,17,20-26H2,2-11H3,(H,41,46)(H,42,48). The van der Waals surface area contributed by atoms with E-state index in [1.165, 1.54) is 5.56 Å². The summed E-state index contributed by atoms with van der Waals surface area (Å²) in [6, 6.07) is 8.49. The lowest BCUT2D eigenvalue weighted by Crippen LogP contribution is -2.59. The molecule has 10 nitrogen and oxygen atoms in total. The average Bonchev–Trinajstić information content (AvgIpc) is 3.58. The molecule has 288 valence electrons. The lowest BCUT2D eigenvalue weighted by molar-refractivity contribution is -0.146. The number of carbonyl (C=O) groups is 4. The zero-order valence-corrected chi connectivity index (χ0v) is 33.8. The van der Waals surface area contributed by atoms with Crippen LogP contribution in [0.25, 0.3) is 0 Å². The number of likely N-dealkylation sites (N-methyl/N-ethyl adjacent to an activating group) is 2. The normalized spacial score (nSPS) is 18.2. The molecule has 11 heteroatoms. The minimum Gasteiger partial charge on any atom is -0.379 e. The molecule has 1 aromatic rings. The lowest BCUT2D eigenvalue weighted by Gasteiger charge is -2.41. The number of benzene rings is 1. The second-order valence-corrected chi connectivity index (χ2v) is 16.2. The maximum absolute atomic E-state index is 14.2. The van der Waals surface area contributed by atoms with Gasteiger partial charge in [-0.05, 0) is 56.7 Å². The Hall–Kier alpha value is -2.89. The fraction of sp³-hybridized carbons (Fsp3) is 0.700. The van der Waals surface area contributed by atoms with E-state index in [2.05, 4.69) is 43.2 Å². The summed E-state index contributed by atoms with van der Waals surface area (Å²) >= 11 is 1.67. The summed E-state index contributed by atoms with van der Waals surface area (Å²) in [6.07, 6.45) is 4.93. The molecular formula is C40H67N5O5S. The smallest absolute Gasteiger partial charge is 0.245 e. The highest BCUT2D eigenvalue weighted by molar-refractivity contribution is 8.00. The van der Waals surface area contributed by atoms with Gasteiger partial charge in [0.1, 0.15) is 6.04 Å². The van der Waals surface area contributed by atoms with E-state index >= 15 is 0 Å². The number of hydrogen-bond acceptors (Lipinski definition) is 7. The molecule has 1 heterocycles. The number of nitrogens with one attached hydrogen (secondary N) is 2. The Kier molecular flexibility index (Phi) is 19.3. The summed E-state index contributed by atoms with van der Waals surface area (Å²) in [4.78, 5) is 60.4. The summed E-state index contributed by atoms with van der Waals surface area (Å²) in [5, 5.41) is 6.06. The molecule has 0 bridgehead atoms. The predicted octanol–water partition coefficient (Wildman–Crippen LogP) is 5.02. The van der Waals surface area contributed by atoms with Crippen LogP contribution >= 0.6 is 11.8 Å². The third-order valence-electron chi connectivity index (χ3n) is 10.2. The Bertz CT molecular complexity index is 1240. The van der Waals surface area contributed by atoms with Crippen LogP contribution in [0.5, 0.6) is 0 Å². The fourth-order valence-electron chi connectivity index (χ4n) is 7.36. The van der Waals surface area contributed by atoms with E-state index in [4.69, 9.17) is 4.74 Å². The Morgan fingerprint density at radius 3 is 2.25 bits per heavy atom. The van der Waals surface area contributed by atoms with Crippen LogP contribution in [-0.4, -0.2) is 121 Å². The van der Waals surface area contributed by atoms with Crippen molar-refractivity contribution in [2.24, 2.45) is 17.8 Å². The van der Waals surface area contributed by atoms with E-state index in [1.807, 2.05) is 75.9 Å². The maximum atomic E-state index is 14.2. The highest BCUT2D eigenvalue weighted by Gasteiger charge is 2.41. The first-order valence-corrected chi connectivity index (χ1v) is 19.8. The van der Waals surface area contributed by atoms with Gasteiger partial charge in [0, 0.05) is 50.7 Å². The van der Waals surface area contributed by atoms with Gasteiger partial charge in [0.2, 0.25) is 23.6 Å². The van der Waals surface area contributed by atoms with Crippen molar-refractivity contribution in [3.8, 4) is 0 Å². The van der Waals surface area contributed by atoms with Gasteiger partial charge in [-0.1, -0.05) is 84.4 Å². The van der Waals surface area contributed by atoms with Gasteiger partial charge in [-0.25, -0.2) is 0 Å². The minimum atomic E-state index is -0.729. The molecule has 7 unspecified atom stereocenters. The molecule has 2 rings (SSSR count). The Morgan fingerprint density at radius 1 is 1.04 bits per heavy atom. The van der Waals surface area contributed by atoms with Crippen LogP contribution in [-0.2, 0) is 30.3 Å². The maximum Gasteiger partial charge on any atom is 0.245 e. The Balaban J connectivity index is 2.22. The molecule has 7 atom stereocenters. The van der Waals surface area contributed by atoms with Crippen molar-refractivity contribution in [3.63, 3.8) is 0 Å². The number of hydrogen-bond donors (Lipinski definition) is 2. The van der Waals surface area contributed by atoms with E-state index in [-0.39, 0.29) is 65.1 Å². The quantitative estimate of drug-likeness (QED) is 0.161. The third-order valence-corrected chi connectivity index (χ3v) is 11.5. The zero-order valence-electron chi connectivity index (χ0n) is 33.0. The number of ether oxygens (including phenoxy) is 1. The van der Waals surface area contributed by atoms with E-state index in [9.17, 15) is 19.2 Å².